The summed E-state index contributed by atoms with van der Waals surface area (Å²) in [5, 5.41) is 0. The molecule has 158 valence electrons. The molecule has 0 fully saturated rings. The number of rotatable bonds is 7. The van der Waals surface area contributed by atoms with E-state index in [1.54, 1.807) is 0 Å². The summed E-state index contributed by atoms with van der Waals surface area (Å²) in [6.45, 7) is 0. The summed E-state index contributed by atoms with van der Waals surface area (Å²) in [5.74, 6) is -36.4. The first-order valence-electron chi connectivity index (χ1n) is 6.77. The highest BCUT2D eigenvalue weighted by atomic mass is 19.4. The van der Waals surface area contributed by atoms with Crippen LogP contribution >= 0.6 is 0 Å². The van der Waals surface area contributed by atoms with Gasteiger partial charge >= 0.3 is 35.8 Å². The molecule has 1 atom stereocenters. The van der Waals surface area contributed by atoms with E-state index in [-0.39, 0.29) is 0 Å². The lowest BCUT2D eigenvalue weighted by molar-refractivity contribution is -0.726. The van der Waals surface area contributed by atoms with Crippen molar-refractivity contribution in [1.29, 1.82) is 0 Å². The average molecular weight is 429 g/mol. The summed E-state index contributed by atoms with van der Waals surface area (Å²) in [4.78, 5) is 1.80. The van der Waals surface area contributed by atoms with Crippen LogP contribution in [0.1, 0.15) is 12.8 Å². The molecule has 0 aromatic rings. The Kier molecular flexibility index (Phi) is 5.67. The first-order chi connectivity index (χ1) is 11.7. The van der Waals surface area contributed by atoms with E-state index in [4.69, 9.17) is 0 Å². The lowest BCUT2D eigenvalue weighted by Crippen LogP contribution is -3.09. The third-order valence-corrected chi connectivity index (χ3v) is 3.56. The fraction of sp³-hybridized carbons (Fsp3) is 0.750. The molecule has 0 radical (unpaired) electrons. The first-order valence-corrected chi connectivity index (χ1v) is 6.77. The van der Waals surface area contributed by atoms with Crippen LogP contribution in [0.15, 0.2) is 17.4 Å². The van der Waals surface area contributed by atoms with E-state index in [1.807, 2.05) is 0 Å². The molecule has 0 aromatic heterocycles. The van der Waals surface area contributed by atoms with Crippen molar-refractivity contribution >= 4 is 5.84 Å². The average Bonchev–Trinajstić information content (AvgIpc) is 2.90. The fourth-order valence-corrected chi connectivity index (χ4v) is 1.96. The normalized spacial score (nSPS) is 20.2. The van der Waals surface area contributed by atoms with Gasteiger partial charge in [-0.3, -0.25) is 4.90 Å². The number of hydrogen-bond donors (Lipinski definition) is 1. The molecule has 0 bridgehead atoms. The van der Waals surface area contributed by atoms with Crippen LogP contribution in [0.25, 0.3) is 0 Å². The van der Waals surface area contributed by atoms with Crippen LogP contribution in [0.2, 0.25) is 0 Å². The van der Waals surface area contributed by atoms with Gasteiger partial charge in [0.15, 0.2) is 0 Å². The molecule has 1 N–H and O–H groups in total. The van der Waals surface area contributed by atoms with E-state index in [0.29, 0.717) is 19.4 Å². The molecular weight excluding hydrogens is 419 g/mol. The molecule has 1 unspecified atom stereocenters. The van der Waals surface area contributed by atoms with Crippen molar-refractivity contribution in [3.8, 4) is 0 Å². The summed E-state index contributed by atoms with van der Waals surface area (Å²) in [5.41, 5.74) is 0. The van der Waals surface area contributed by atoms with Gasteiger partial charge in [-0.25, -0.2) is 0 Å². The highest BCUT2D eigenvalue weighted by Gasteiger charge is 2.88. The van der Waals surface area contributed by atoms with E-state index in [9.17, 15) is 57.1 Å². The molecule has 1 heterocycles. The van der Waals surface area contributed by atoms with Crippen LogP contribution < -0.4 is 4.90 Å². The van der Waals surface area contributed by atoms with Crippen LogP contribution in [0.3, 0.4) is 0 Å². The summed E-state index contributed by atoms with van der Waals surface area (Å²) in [7, 11) is 0.681. The Balaban J connectivity index is 3.31. The van der Waals surface area contributed by atoms with E-state index in [2.05, 4.69) is 4.99 Å². The number of aliphatic imine (C=N–C) groups is 1. The standard InChI is InChI=1S/C12H9F13N2/c1-27-5-4-26-6(27)9(18,19)11(22,23)12(24,25)10(20,21)7(13,14)2-3-8(15,16)17/h4-5H,2-3H2,1H3/p+1. The Morgan fingerprint density at radius 1 is 0.741 bits per heavy atom. The zero-order valence-corrected chi connectivity index (χ0v) is 12.9. The topological polar surface area (TPSA) is 16.8 Å². The molecule has 1 rings (SSSR count). The summed E-state index contributed by atoms with van der Waals surface area (Å²) in [6, 6.07) is 0. The Labute approximate surface area is 142 Å². The van der Waals surface area contributed by atoms with Gasteiger partial charge in [0.2, 0.25) is 0 Å². The summed E-state index contributed by atoms with van der Waals surface area (Å²) < 4.78 is 171. The number of nitrogens with zero attached hydrogens (tertiary/aromatic N) is 1. The molecule has 1 aliphatic heterocycles. The van der Waals surface area contributed by atoms with Crippen LogP contribution in [-0.2, 0) is 0 Å². The maximum Gasteiger partial charge on any atom is 0.407 e. The first kappa shape index (κ1) is 23.5. The lowest BCUT2D eigenvalue weighted by Gasteiger charge is -2.39. The van der Waals surface area contributed by atoms with Crippen LogP contribution in [-0.4, -0.2) is 48.7 Å². The van der Waals surface area contributed by atoms with Gasteiger partial charge in [-0.2, -0.15) is 62.1 Å². The third kappa shape index (κ3) is 3.74. The van der Waals surface area contributed by atoms with E-state index in [0.717, 1.165) is 0 Å². The lowest BCUT2D eigenvalue weighted by atomic mass is 9.91. The predicted octanol–water partition coefficient (Wildman–Crippen LogP) is 3.90. The van der Waals surface area contributed by atoms with Gasteiger partial charge in [0.05, 0.1) is 13.2 Å². The molecule has 0 spiro atoms. The van der Waals surface area contributed by atoms with Crippen molar-refractivity contribution in [2.45, 2.75) is 48.6 Å². The maximum absolute atomic E-state index is 13.8. The fourth-order valence-electron chi connectivity index (χ4n) is 1.96. The van der Waals surface area contributed by atoms with Crippen molar-refractivity contribution in [2.75, 3.05) is 7.05 Å². The van der Waals surface area contributed by atoms with Gasteiger partial charge in [0.1, 0.15) is 6.20 Å². The molecule has 15 heteroatoms. The van der Waals surface area contributed by atoms with E-state index in [1.165, 1.54) is 0 Å². The zero-order valence-electron chi connectivity index (χ0n) is 12.9. The second-order valence-corrected chi connectivity index (χ2v) is 5.59. The molecule has 1 aliphatic rings. The van der Waals surface area contributed by atoms with Gasteiger partial charge in [-0.15, -0.1) is 0 Å². The zero-order chi connectivity index (χ0) is 21.7. The molecular formula is C12H10F13N2+. The van der Waals surface area contributed by atoms with Gasteiger partial charge < -0.3 is 0 Å². The molecule has 0 aliphatic carbocycles. The maximum atomic E-state index is 13.8. The highest BCUT2D eigenvalue weighted by Crippen LogP contribution is 2.58. The summed E-state index contributed by atoms with van der Waals surface area (Å²) >= 11 is 0. The quantitative estimate of drug-likeness (QED) is 0.592. The van der Waals surface area contributed by atoms with Gasteiger partial charge in [0.25, 0.3) is 5.84 Å². The number of hydrogen-bond acceptors (Lipinski definition) is 1. The Bertz CT molecular complexity index is 617. The largest absolute Gasteiger partial charge is 0.407 e. The van der Waals surface area contributed by atoms with Crippen molar-refractivity contribution < 1.29 is 62.0 Å². The minimum Gasteiger partial charge on any atom is -0.259 e. The molecule has 27 heavy (non-hydrogen) atoms. The predicted molar refractivity (Wildman–Crippen MR) is 63.5 cm³/mol. The van der Waals surface area contributed by atoms with Crippen molar-refractivity contribution in [3.63, 3.8) is 0 Å². The summed E-state index contributed by atoms with van der Waals surface area (Å²) in [6.07, 6.45) is -10.2. The van der Waals surface area contributed by atoms with Gasteiger partial charge in [-0.05, 0) is 0 Å². The Morgan fingerprint density at radius 3 is 1.59 bits per heavy atom. The monoisotopic (exact) mass is 429 g/mol. The number of amidine groups is 1. The van der Waals surface area contributed by atoms with Gasteiger partial charge in [-0.1, -0.05) is 0 Å². The smallest absolute Gasteiger partial charge is 0.259 e. The second-order valence-electron chi connectivity index (χ2n) is 5.59. The number of nitrogens with one attached hydrogen (secondary N) is 1. The molecule has 0 amide bonds. The number of alkyl halides is 13. The van der Waals surface area contributed by atoms with Gasteiger partial charge in [0, 0.05) is 12.8 Å². The molecule has 2 nitrogen and oxygen atoms in total. The second kappa shape index (κ2) is 6.51. The van der Waals surface area contributed by atoms with Crippen molar-refractivity contribution in [3.05, 3.63) is 12.4 Å². The van der Waals surface area contributed by atoms with Crippen molar-refractivity contribution in [1.82, 2.24) is 0 Å². The Hall–Kier alpha value is -1.54. The molecule has 0 saturated heterocycles. The minimum absolute atomic E-state index is 0.447. The Morgan fingerprint density at radius 2 is 1.22 bits per heavy atom. The van der Waals surface area contributed by atoms with Crippen molar-refractivity contribution in [2.24, 2.45) is 4.99 Å². The van der Waals surface area contributed by atoms with Crippen LogP contribution in [0.4, 0.5) is 57.1 Å². The van der Waals surface area contributed by atoms with E-state index < -0.39 is 59.4 Å². The molecule has 0 aromatic carbocycles. The number of quaternary nitrogens is 1. The minimum atomic E-state index is -7.43. The number of halogens is 13. The van der Waals surface area contributed by atoms with Crippen LogP contribution in [0.5, 0.6) is 0 Å². The highest BCUT2D eigenvalue weighted by molar-refractivity contribution is 5.84. The molecule has 0 saturated carbocycles. The van der Waals surface area contributed by atoms with E-state index >= 15 is 0 Å². The van der Waals surface area contributed by atoms with Crippen LogP contribution in [0, 0.1) is 0 Å². The third-order valence-electron chi connectivity index (χ3n) is 3.56. The SMILES string of the molecule is C[NH+]1C=CN=C1C(F)(F)C(F)(F)C(F)(F)C(F)(F)C(F)(F)CCC(F)(F)F.